The van der Waals surface area contributed by atoms with Gasteiger partial charge < -0.3 is 15.1 Å². The monoisotopic (exact) mass is 501 g/mol. The number of phenols is 1. The standard InChI is InChI=1S/C13H13I2NO4/c14-8-4-9(11(17)10(15)5-8)12(18)16-3-1-2-7(6-16)13(19)20/h4-5,7,17H,1-3,6H2,(H,19,20)/t7-/m0/s1. The molecule has 0 aromatic heterocycles. The smallest absolute Gasteiger partial charge is 0.308 e. The van der Waals surface area contributed by atoms with Crippen LogP contribution in [0.1, 0.15) is 23.2 Å². The van der Waals surface area contributed by atoms with Crippen LogP contribution in [-0.4, -0.2) is 40.1 Å². The van der Waals surface area contributed by atoms with Gasteiger partial charge in [-0.3, -0.25) is 9.59 Å². The number of likely N-dealkylation sites (tertiary alicyclic amines) is 1. The summed E-state index contributed by atoms with van der Waals surface area (Å²) in [4.78, 5) is 25.0. The van der Waals surface area contributed by atoms with Crippen LogP contribution in [0.5, 0.6) is 5.75 Å². The number of amides is 1. The molecule has 1 aromatic rings. The highest BCUT2D eigenvalue weighted by molar-refractivity contribution is 14.1. The summed E-state index contributed by atoms with van der Waals surface area (Å²) in [7, 11) is 0. The van der Waals surface area contributed by atoms with Gasteiger partial charge >= 0.3 is 5.97 Å². The van der Waals surface area contributed by atoms with Crippen LogP contribution >= 0.6 is 45.2 Å². The number of carboxylic acids is 1. The van der Waals surface area contributed by atoms with Crippen LogP contribution < -0.4 is 0 Å². The lowest BCUT2D eigenvalue weighted by atomic mass is 9.97. The fourth-order valence-electron chi connectivity index (χ4n) is 2.26. The van der Waals surface area contributed by atoms with Crippen LogP contribution in [0.15, 0.2) is 12.1 Å². The average Bonchev–Trinajstić information content (AvgIpc) is 2.42. The molecule has 0 aliphatic carbocycles. The fourth-order valence-corrected chi connectivity index (χ4v) is 4.11. The molecule has 1 aliphatic heterocycles. The minimum Gasteiger partial charge on any atom is -0.506 e. The number of rotatable bonds is 2. The first-order chi connectivity index (χ1) is 9.40. The van der Waals surface area contributed by atoms with Crippen molar-refractivity contribution in [3.8, 4) is 5.75 Å². The van der Waals surface area contributed by atoms with E-state index in [0.29, 0.717) is 23.0 Å². The number of carbonyl (C=O) groups excluding carboxylic acids is 1. The Balaban J connectivity index is 2.25. The molecule has 1 atom stereocenters. The third kappa shape index (κ3) is 3.35. The third-order valence-electron chi connectivity index (χ3n) is 3.32. The van der Waals surface area contributed by atoms with Crippen molar-refractivity contribution in [1.82, 2.24) is 4.90 Å². The molecular weight excluding hydrogens is 488 g/mol. The Morgan fingerprint density at radius 2 is 2.00 bits per heavy atom. The Bertz CT molecular complexity index is 562. The van der Waals surface area contributed by atoms with Gasteiger partial charge in [0.15, 0.2) is 0 Å². The van der Waals surface area contributed by atoms with Gasteiger partial charge in [0.1, 0.15) is 5.75 Å². The van der Waals surface area contributed by atoms with Gasteiger partial charge in [-0.15, -0.1) is 0 Å². The van der Waals surface area contributed by atoms with Crippen LogP contribution in [-0.2, 0) is 4.79 Å². The van der Waals surface area contributed by atoms with E-state index in [1.54, 1.807) is 12.1 Å². The Labute approximate surface area is 143 Å². The van der Waals surface area contributed by atoms with Crippen molar-refractivity contribution in [2.24, 2.45) is 5.92 Å². The molecule has 1 amide bonds. The van der Waals surface area contributed by atoms with Crippen LogP contribution in [0, 0.1) is 13.1 Å². The molecule has 1 fully saturated rings. The van der Waals surface area contributed by atoms with Gasteiger partial charge in [0.25, 0.3) is 5.91 Å². The Morgan fingerprint density at radius 3 is 2.65 bits per heavy atom. The number of hydrogen-bond acceptors (Lipinski definition) is 3. The largest absolute Gasteiger partial charge is 0.506 e. The predicted octanol–water partition coefficient (Wildman–Crippen LogP) is 2.54. The highest BCUT2D eigenvalue weighted by Crippen LogP contribution is 2.29. The molecule has 2 rings (SSSR count). The van der Waals surface area contributed by atoms with Crippen molar-refractivity contribution in [3.05, 3.63) is 24.8 Å². The minimum absolute atomic E-state index is 0.0338. The number of aromatic hydroxyl groups is 1. The second-order valence-corrected chi connectivity index (χ2v) is 7.12. The van der Waals surface area contributed by atoms with Gasteiger partial charge in [-0.25, -0.2) is 0 Å². The molecule has 1 aliphatic rings. The molecule has 7 heteroatoms. The van der Waals surface area contributed by atoms with Crippen molar-refractivity contribution in [3.63, 3.8) is 0 Å². The first kappa shape index (κ1) is 15.8. The lowest BCUT2D eigenvalue weighted by Crippen LogP contribution is -2.42. The van der Waals surface area contributed by atoms with E-state index in [2.05, 4.69) is 22.6 Å². The zero-order valence-corrected chi connectivity index (χ0v) is 14.8. The average molecular weight is 501 g/mol. The molecule has 20 heavy (non-hydrogen) atoms. The van der Waals surface area contributed by atoms with E-state index in [9.17, 15) is 14.7 Å². The quantitative estimate of drug-likeness (QED) is 0.612. The second-order valence-electron chi connectivity index (χ2n) is 4.71. The molecule has 0 saturated carbocycles. The van der Waals surface area contributed by atoms with Crippen molar-refractivity contribution in [1.29, 1.82) is 0 Å². The number of benzene rings is 1. The summed E-state index contributed by atoms with van der Waals surface area (Å²) in [5, 5.41) is 19.1. The SMILES string of the molecule is O=C(O)[C@H]1CCCN(C(=O)c2cc(I)cc(I)c2O)C1. The molecule has 108 valence electrons. The predicted molar refractivity (Wildman–Crippen MR) is 89.8 cm³/mol. The molecule has 1 saturated heterocycles. The number of phenolic OH excluding ortho intramolecular Hbond substituents is 1. The minimum atomic E-state index is -0.871. The van der Waals surface area contributed by atoms with Crippen LogP contribution in [0.4, 0.5) is 0 Å². The fraction of sp³-hybridized carbons (Fsp3) is 0.385. The Morgan fingerprint density at radius 1 is 1.30 bits per heavy atom. The number of carboxylic acid groups (broad SMARTS) is 1. The summed E-state index contributed by atoms with van der Waals surface area (Å²) in [6.07, 6.45) is 1.26. The van der Waals surface area contributed by atoms with E-state index in [0.717, 1.165) is 3.57 Å². The van der Waals surface area contributed by atoms with Crippen LogP contribution in [0.3, 0.4) is 0 Å². The summed E-state index contributed by atoms with van der Waals surface area (Å²) in [6.45, 7) is 0.736. The third-order valence-corrected chi connectivity index (χ3v) is 4.76. The topological polar surface area (TPSA) is 77.8 Å². The number of piperidine rings is 1. The Kier molecular flexibility index (Phi) is 5.10. The zero-order chi connectivity index (χ0) is 14.9. The van der Waals surface area contributed by atoms with Crippen LogP contribution in [0.2, 0.25) is 0 Å². The summed E-state index contributed by atoms with van der Waals surface area (Å²) in [5.41, 5.74) is 0.243. The van der Waals surface area contributed by atoms with Crippen LogP contribution in [0.25, 0.3) is 0 Å². The second kappa shape index (κ2) is 6.46. The number of nitrogens with zero attached hydrogens (tertiary/aromatic N) is 1. The number of carbonyl (C=O) groups is 2. The summed E-state index contributed by atoms with van der Waals surface area (Å²) < 4.78 is 1.48. The maximum atomic E-state index is 12.5. The summed E-state index contributed by atoms with van der Waals surface area (Å²) in [5.74, 6) is -1.72. The van der Waals surface area contributed by atoms with Crippen molar-refractivity contribution in [2.75, 3.05) is 13.1 Å². The molecular formula is C13H13I2NO4. The van der Waals surface area contributed by atoms with Gasteiger partial charge in [-0.05, 0) is 70.2 Å². The lowest BCUT2D eigenvalue weighted by Gasteiger charge is -2.31. The first-order valence-electron chi connectivity index (χ1n) is 6.10. The van der Waals surface area contributed by atoms with E-state index < -0.39 is 11.9 Å². The molecule has 1 heterocycles. The Hall–Kier alpha value is -0.580. The van der Waals surface area contributed by atoms with Gasteiger partial charge in [0.2, 0.25) is 0 Å². The normalized spacial score (nSPS) is 18.9. The van der Waals surface area contributed by atoms with E-state index in [1.165, 1.54) is 4.90 Å². The number of hydrogen-bond donors (Lipinski definition) is 2. The summed E-state index contributed by atoms with van der Waals surface area (Å²) in [6, 6.07) is 3.41. The first-order valence-corrected chi connectivity index (χ1v) is 8.26. The molecule has 0 bridgehead atoms. The van der Waals surface area contributed by atoms with Gasteiger partial charge in [-0.2, -0.15) is 0 Å². The number of aliphatic carboxylic acids is 1. The highest BCUT2D eigenvalue weighted by atomic mass is 127. The van der Waals surface area contributed by atoms with Crippen molar-refractivity contribution in [2.45, 2.75) is 12.8 Å². The lowest BCUT2D eigenvalue weighted by molar-refractivity contribution is -0.143. The number of halogens is 2. The molecule has 5 nitrogen and oxygen atoms in total. The van der Waals surface area contributed by atoms with Gasteiger partial charge in [-0.1, -0.05) is 0 Å². The molecule has 0 radical (unpaired) electrons. The zero-order valence-electron chi connectivity index (χ0n) is 10.5. The van der Waals surface area contributed by atoms with Gasteiger partial charge in [0.05, 0.1) is 15.1 Å². The molecule has 0 unspecified atom stereocenters. The molecule has 0 spiro atoms. The maximum Gasteiger partial charge on any atom is 0.308 e. The van der Waals surface area contributed by atoms with E-state index in [4.69, 9.17) is 5.11 Å². The molecule has 1 aromatic carbocycles. The van der Waals surface area contributed by atoms with E-state index >= 15 is 0 Å². The van der Waals surface area contributed by atoms with E-state index in [-0.39, 0.29) is 23.8 Å². The van der Waals surface area contributed by atoms with E-state index in [1.807, 2.05) is 22.6 Å². The van der Waals surface area contributed by atoms with Crippen molar-refractivity contribution >= 4 is 57.1 Å². The van der Waals surface area contributed by atoms with Gasteiger partial charge in [0, 0.05) is 16.7 Å². The summed E-state index contributed by atoms with van der Waals surface area (Å²) >= 11 is 4.06. The maximum absolute atomic E-state index is 12.5. The highest BCUT2D eigenvalue weighted by Gasteiger charge is 2.30. The molecule has 2 N–H and O–H groups in total. The van der Waals surface area contributed by atoms with Crippen molar-refractivity contribution < 1.29 is 19.8 Å².